The van der Waals surface area contributed by atoms with Crippen molar-refractivity contribution in [2.24, 2.45) is 28.9 Å². The normalized spacial score (nSPS) is 43.6. The van der Waals surface area contributed by atoms with Crippen molar-refractivity contribution in [1.29, 1.82) is 0 Å². The molecule has 2 aliphatic carbocycles. The standard InChI is InChI=1S/C30H56N6O10/c1-29(41)14-43-28(22(39)25(29)35-2)46-24-19(36-26(40)20(37)7-9-31)10-18(34)23(21(24)38)45-27-17(33)6-5-16(44-27)4-3-8-30(42)11-15(12-30)13-32/h5,15,17-25,27-28,35,37-39,41-42H,3-4,6-14,31-34H2,1-2H3,(H,36,40)/t15?,17-,18+,19-,20+,21+,22-,23-,24+,25-,27-,28-,29+,30?/m1/s1. The van der Waals surface area contributed by atoms with Crippen LogP contribution in [-0.2, 0) is 23.7 Å². The molecule has 12 atom stereocenters. The molecule has 2 aliphatic heterocycles. The molecule has 0 radical (unpaired) electrons. The Morgan fingerprint density at radius 2 is 1.80 bits per heavy atom. The molecular weight excluding hydrogens is 604 g/mol. The topological polar surface area (TPSA) is 283 Å². The lowest BCUT2D eigenvalue weighted by Crippen LogP contribution is -2.69. The van der Waals surface area contributed by atoms with Crippen molar-refractivity contribution in [3.05, 3.63) is 11.8 Å². The van der Waals surface area contributed by atoms with Gasteiger partial charge in [-0.15, -0.1) is 0 Å². The van der Waals surface area contributed by atoms with Gasteiger partial charge in [-0.25, -0.2) is 0 Å². The summed E-state index contributed by atoms with van der Waals surface area (Å²) in [5.74, 6) is 0.308. The lowest BCUT2D eigenvalue weighted by atomic mass is 9.68. The number of likely N-dealkylation sites (N-methyl/N-ethyl adjacent to an activating group) is 1. The Morgan fingerprint density at radius 3 is 2.46 bits per heavy atom. The van der Waals surface area contributed by atoms with Gasteiger partial charge in [-0.05, 0) is 84.0 Å². The summed E-state index contributed by atoms with van der Waals surface area (Å²) in [4.78, 5) is 12.8. The minimum Gasteiger partial charge on any atom is -0.468 e. The molecule has 0 unspecified atom stereocenters. The minimum atomic E-state index is -1.46. The molecule has 4 aliphatic rings. The van der Waals surface area contributed by atoms with Gasteiger partial charge in [0, 0.05) is 12.5 Å². The van der Waals surface area contributed by atoms with Crippen LogP contribution in [0.4, 0.5) is 0 Å². The van der Waals surface area contributed by atoms with E-state index in [9.17, 15) is 30.3 Å². The van der Waals surface area contributed by atoms with E-state index in [0.29, 0.717) is 56.7 Å². The van der Waals surface area contributed by atoms with Crippen molar-refractivity contribution in [2.45, 2.75) is 137 Å². The lowest BCUT2D eigenvalue weighted by molar-refractivity contribution is -0.304. The van der Waals surface area contributed by atoms with E-state index in [1.54, 1.807) is 7.05 Å². The Kier molecular flexibility index (Phi) is 12.8. The first-order valence-electron chi connectivity index (χ1n) is 16.4. The number of allylic oxidation sites excluding steroid dienone is 1. The molecule has 1 saturated heterocycles. The van der Waals surface area contributed by atoms with Crippen LogP contribution in [0.3, 0.4) is 0 Å². The summed E-state index contributed by atoms with van der Waals surface area (Å²) in [6.07, 6.45) is -2.98. The highest BCUT2D eigenvalue weighted by Gasteiger charge is 2.52. The molecule has 46 heavy (non-hydrogen) atoms. The number of hydrogen-bond acceptors (Lipinski definition) is 15. The van der Waals surface area contributed by atoms with Crippen LogP contribution in [0.25, 0.3) is 0 Å². The molecule has 0 bridgehead atoms. The van der Waals surface area contributed by atoms with E-state index < -0.39 is 84.4 Å². The van der Waals surface area contributed by atoms with E-state index in [4.69, 9.17) is 41.9 Å². The second-order valence-electron chi connectivity index (χ2n) is 13.7. The lowest BCUT2D eigenvalue weighted by Gasteiger charge is -2.49. The molecule has 15 N–H and O–H groups in total. The fourth-order valence-corrected chi connectivity index (χ4v) is 7.11. The molecule has 0 aromatic heterocycles. The third kappa shape index (κ3) is 8.74. The van der Waals surface area contributed by atoms with Crippen molar-refractivity contribution in [1.82, 2.24) is 10.6 Å². The molecule has 0 aromatic carbocycles. The van der Waals surface area contributed by atoms with E-state index in [-0.39, 0.29) is 26.0 Å². The molecule has 16 heteroatoms. The van der Waals surface area contributed by atoms with E-state index in [1.807, 2.05) is 6.08 Å². The average Bonchev–Trinajstić information content (AvgIpc) is 2.98. The van der Waals surface area contributed by atoms with Gasteiger partial charge in [0.15, 0.2) is 6.29 Å². The quantitative estimate of drug-likeness (QED) is 0.0856. The first-order valence-corrected chi connectivity index (χ1v) is 16.4. The summed E-state index contributed by atoms with van der Waals surface area (Å²) in [5, 5.41) is 59.7. The second-order valence-corrected chi connectivity index (χ2v) is 13.7. The van der Waals surface area contributed by atoms with Gasteiger partial charge in [0.25, 0.3) is 0 Å². The molecular formula is C30H56N6O10. The zero-order valence-corrected chi connectivity index (χ0v) is 26.9. The van der Waals surface area contributed by atoms with Crippen LogP contribution in [0.15, 0.2) is 11.8 Å². The van der Waals surface area contributed by atoms with Gasteiger partial charge in [0.2, 0.25) is 12.2 Å². The van der Waals surface area contributed by atoms with Crippen molar-refractivity contribution in [3.8, 4) is 0 Å². The summed E-state index contributed by atoms with van der Waals surface area (Å²) < 4.78 is 24.1. The summed E-state index contributed by atoms with van der Waals surface area (Å²) in [6.45, 7) is 1.99. The molecule has 2 heterocycles. The SMILES string of the molecule is CN[C@@H]1[C@@H](O)[C@@H](O[C@@H]2[C@@H](O)[C@H](O[C@H]3OC(CCCC4(O)CC(CN)C4)=CC[C@H]3N)[C@@H](N)C[C@H]2NC(=O)[C@@H](O)CCN)OC[C@]1(C)O. The number of amides is 1. The molecule has 0 spiro atoms. The van der Waals surface area contributed by atoms with E-state index >= 15 is 0 Å². The van der Waals surface area contributed by atoms with Gasteiger partial charge in [-0.2, -0.15) is 0 Å². The Labute approximate surface area is 270 Å². The zero-order chi connectivity index (χ0) is 33.8. The summed E-state index contributed by atoms with van der Waals surface area (Å²) in [6, 6.07) is -3.12. The smallest absolute Gasteiger partial charge is 0.249 e. The second kappa shape index (κ2) is 15.8. The Balaban J connectivity index is 1.44. The van der Waals surface area contributed by atoms with E-state index in [1.165, 1.54) is 6.92 Å². The van der Waals surface area contributed by atoms with Crippen LogP contribution in [0.1, 0.15) is 58.3 Å². The fraction of sp³-hybridized carbons (Fsp3) is 0.900. The number of carbonyl (C=O) groups is 1. The average molecular weight is 661 g/mol. The summed E-state index contributed by atoms with van der Waals surface area (Å²) in [5.41, 5.74) is 21.9. The first kappa shape index (κ1) is 37.3. The molecule has 2 saturated carbocycles. The van der Waals surface area contributed by atoms with Crippen molar-refractivity contribution < 1.29 is 49.3 Å². The highest BCUT2D eigenvalue weighted by molar-refractivity contribution is 5.80. The third-order valence-electron chi connectivity index (χ3n) is 9.78. The molecule has 3 fully saturated rings. The number of nitrogens with two attached hydrogens (primary N) is 4. The van der Waals surface area contributed by atoms with Crippen LogP contribution < -0.4 is 33.6 Å². The monoisotopic (exact) mass is 660 g/mol. The van der Waals surface area contributed by atoms with Gasteiger partial charge in [0.1, 0.15) is 36.1 Å². The molecule has 1 amide bonds. The van der Waals surface area contributed by atoms with Crippen LogP contribution in [0, 0.1) is 5.92 Å². The van der Waals surface area contributed by atoms with Crippen LogP contribution >= 0.6 is 0 Å². The van der Waals surface area contributed by atoms with Gasteiger partial charge in [-0.1, -0.05) is 0 Å². The Hall–Kier alpha value is -1.51. The number of ether oxygens (including phenoxy) is 4. The highest BCUT2D eigenvalue weighted by atomic mass is 16.7. The predicted molar refractivity (Wildman–Crippen MR) is 165 cm³/mol. The highest BCUT2D eigenvalue weighted by Crippen LogP contribution is 2.41. The molecule has 16 nitrogen and oxygen atoms in total. The van der Waals surface area contributed by atoms with Crippen molar-refractivity contribution >= 4 is 5.91 Å². The summed E-state index contributed by atoms with van der Waals surface area (Å²) in [7, 11) is 1.58. The van der Waals surface area contributed by atoms with Gasteiger partial charge in [-0.3, -0.25) is 4.79 Å². The Bertz CT molecular complexity index is 1030. The minimum absolute atomic E-state index is 0.0219. The zero-order valence-electron chi connectivity index (χ0n) is 26.9. The molecule has 266 valence electrons. The third-order valence-corrected chi connectivity index (χ3v) is 9.78. The first-order chi connectivity index (χ1) is 21.7. The van der Waals surface area contributed by atoms with Gasteiger partial charge >= 0.3 is 0 Å². The number of rotatable bonds is 14. The largest absolute Gasteiger partial charge is 0.468 e. The van der Waals surface area contributed by atoms with Crippen LogP contribution in [-0.4, -0.2) is 137 Å². The number of hydrogen-bond donors (Lipinski definition) is 11. The van der Waals surface area contributed by atoms with E-state index in [2.05, 4.69) is 10.6 Å². The van der Waals surface area contributed by atoms with Crippen LogP contribution in [0.2, 0.25) is 0 Å². The number of aliphatic hydroxyl groups is 5. The van der Waals surface area contributed by atoms with Gasteiger partial charge < -0.3 is 78.0 Å². The van der Waals surface area contributed by atoms with Crippen molar-refractivity contribution in [2.75, 3.05) is 26.7 Å². The predicted octanol–water partition coefficient (Wildman–Crippen LogP) is -3.67. The fourth-order valence-electron chi connectivity index (χ4n) is 7.11. The number of carbonyl (C=O) groups excluding carboxylic acids is 1. The maximum atomic E-state index is 12.8. The van der Waals surface area contributed by atoms with Gasteiger partial charge in [0.05, 0.1) is 36.1 Å². The number of aliphatic hydroxyl groups excluding tert-OH is 3. The molecule has 4 rings (SSSR count). The summed E-state index contributed by atoms with van der Waals surface area (Å²) >= 11 is 0. The maximum Gasteiger partial charge on any atom is 0.249 e. The maximum absolute atomic E-state index is 12.8. The van der Waals surface area contributed by atoms with E-state index in [0.717, 1.165) is 0 Å². The van der Waals surface area contributed by atoms with Crippen LogP contribution in [0.5, 0.6) is 0 Å². The Morgan fingerprint density at radius 1 is 1.11 bits per heavy atom. The molecule has 0 aromatic rings. The van der Waals surface area contributed by atoms with Crippen molar-refractivity contribution in [3.63, 3.8) is 0 Å². The number of nitrogens with one attached hydrogen (secondary N) is 2.